The number of phenolic OH excluding ortho intramolecular Hbond substituents is 1. The Morgan fingerprint density at radius 3 is 2.90 bits per heavy atom. The van der Waals surface area contributed by atoms with Crippen molar-refractivity contribution in [1.29, 1.82) is 0 Å². The quantitative estimate of drug-likeness (QED) is 0.840. The van der Waals surface area contributed by atoms with Crippen LogP contribution >= 0.6 is 0 Å². The van der Waals surface area contributed by atoms with Crippen LogP contribution in [0.2, 0.25) is 0 Å². The van der Waals surface area contributed by atoms with E-state index in [4.69, 9.17) is 0 Å². The Morgan fingerprint density at radius 2 is 2.05 bits per heavy atom. The lowest BCUT2D eigenvalue weighted by Crippen LogP contribution is -2.16. The van der Waals surface area contributed by atoms with Crippen LogP contribution in [0.5, 0.6) is 5.75 Å². The largest absolute Gasteiger partial charge is 0.508 e. The van der Waals surface area contributed by atoms with Crippen molar-refractivity contribution in [2.75, 3.05) is 11.9 Å². The minimum Gasteiger partial charge on any atom is -0.508 e. The molecule has 0 saturated heterocycles. The molecule has 2 N–H and O–H groups in total. The van der Waals surface area contributed by atoms with E-state index in [0.717, 1.165) is 41.8 Å². The van der Waals surface area contributed by atoms with E-state index < -0.39 is 0 Å². The maximum Gasteiger partial charge on any atom is 0.167 e. The highest BCUT2D eigenvalue weighted by molar-refractivity contribution is 6.00. The summed E-state index contributed by atoms with van der Waals surface area (Å²) in [6.45, 7) is 0.969. The molecule has 0 fully saturated rings. The first-order valence-corrected chi connectivity index (χ1v) is 6.91. The SMILES string of the molecule is O=C(Cc1cccc(O)c1)c1cccc2c1CCCN2. The summed E-state index contributed by atoms with van der Waals surface area (Å²) in [5.41, 5.74) is 3.86. The van der Waals surface area contributed by atoms with Crippen LogP contribution in [0, 0.1) is 0 Å². The zero-order chi connectivity index (χ0) is 13.9. The van der Waals surface area contributed by atoms with Gasteiger partial charge in [-0.25, -0.2) is 0 Å². The van der Waals surface area contributed by atoms with Gasteiger partial charge in [0.05, 0.1) is 0 Å². The number of hydrogen-bond acceptors (Lipinski definition) is 3. The Morgan fingerprint density at radius 1 is 1.20 bits per heavy atom. The Hall–Kier alpha value is -2.29. The lowest BCUT2D eigenvalue weighted by atomic mass is 9.93. The summed E-state index contributed by atoms with van der Waals surface area (Å²) >= 11 is 0. The lowest BCUT2D eigenvalue weighted by Gasteiger charge is -2.20. The van der Waals surface area contributed by atoms with Crippen LogP contribution in [0.4, 0.5) is 5.69 Å². The van der Waals surface area contributed by atoms with Gasteiger partial charge in [-0.15, -0.1) is 0 Å². The summed E-state index contributed by atoms with van der Waals surface area (Å²) < 4.78 is 0. The van der Waals surface area contributed by atoms with Gasteiger partial charge in [0.1, 0.15) is 5.75 Å². The summed E-state index contributed by atoms with van der Waals surface area (Å²) in [5, 5.41) is 12.8. The van der Waals surface area contributed by atoms with Crippen molar-refractivity contribution in [3.63, 3.8) is 0 Å². The number of benzene rings is 2. The maximum atomic E-state index is 12.5. The van der Waals surface area contributed by atoms with Gasteiger partial charge >= 0.3 is 0 Å². The number of fused-ring (bicyclic) bond motifs is 1. The van der Waals surface area contributed by atoms with E-state index in [1.54, 1.807) is 18.2 Å². The number of rotatable bonds is 3. The van der Waals surface area contributed by atoms with E-state index in [-0.39, 0.29) is 11.5 Å². The molecule has 0 aliphatic carbocycles. The van der Waals surface area contributed by atoms with Gasteiger partial charge in [0.2, 0.25) is 0 Å². The topological polar surface area (TPSA) is 49.3 Å². The van der Waals surface area contributed by atoms with Crippen molar-refractivity contribution < 1.29 is 9.90 Å². The fourth-order valence-electron chi connectivity index (χ4n) is 2.72. The van der Waals surface area contributed by atoms with Gasteiger partial charge in [0.25, 0.3) is 0 Å². The zero-order valence-electron chi connectivity index (χ0n) is 11.2. The molecule has 0 saturated carbocycles. The highest BCUT2D eigenvalue weighted by atomic mass is 16.3. The minimum absolute atomic E-state index is 0.108. The number of Topliss-reactive ketones (excluding diaryl/α,β-unsaturated/α-hetero) is 1. The van der Waals surface area contributed by atoms with Crippen molar-refractivity contribution in [2.45, 2.75) is 19.3 Å². The second-order valence-electron chi connectivity index (χ2n) is 5.13. The van der Waals surface area contributed by atoms with Crippen molar-refractivity contribution in [3.05, 3.63) is 59.2 Å². The van der Waals surface area contributed by atoms with Gasteiger partial charge in [-0.05, 0) is 42.2 Å². The third-order valence-electron chi connectivity index (χ3n) is 3.67. The molecule has 0 unspecified atom stereocenters. The third-order valence-corrected chi connectivity index (χ3v) is 3.67. The fourth-order valence-corrected chi connectivity index (χ4v) is 2.72. The standard InChI is InChI=1S/C17H17NO2/c19-13-5-1-4-12(10-13)11-17(20)15-6-2-8-16-14(15)7-3-9-18-16/h1-2,4-6,8,10,18-19H,3,7,9,11H2. The van der Waals surface area contributed by atoms with Crippen molar-refractivity contribution in [1.82, 2.24) is 0 Å². The summed E-state index contributed by atoms with van der Waals surface area (Å²) in [6.07, 6.45) is 2.33. The molecule has 1 aliphatic heterocycles. The number of anilines is 1. The Bertz CT molecular complexity index is 649. The second kappa shape index (κ2) is 5.37. The number of hydrogen-bond donors (Lipinski definition) is 2. The summed E-state index contributed by atoms with van der Waals surface area (Å²) in [5.74, 6) is 0.309. The highest BCUT2D eigenvalue weighted by Crippen LogP contribution is 2.26. The molecule has 2 aromatic rings. The predicted octanol–water partition coefficient (Wildman–Crippen LogP) is 3.18. The molecule has 1 aliphatic rings. The Kier molecular flexibility index (Phi) is 3.42. The minimum atomic E-state index is 0.108. The van der Waals surface area contributed by atoms with E-state index >= 15 is 0 Å². The highest BCUT2D eigenvalue weighted by Gasteiger charge is 2.17. The molecule has 20 heavy (non-hydrogen) atoms. The Labute approximate surface area is 118 Å². The van der Waals surface area contributed by atoms with E-state index in [2.05, 4.69) is 5.32 Å². The molecular formula is C17H17NO2. The van der Waals surface area contributed by atoms with Crippen LogP contribution in [0.3, 0.4) is 0 Å². The molecule has 3 heteroatoms. The summed E-state index contributed by atoms with van der Waals surface area (Å²) in [4.78, 5) is 12.5. The van der Waals surface area contributed by atoms with Crippen LogP contribution in [-0.2, 0) is 12.8 Å². The van der Waals surface area contributed by atoms with Crippen LogP contribution in [0.1, 0.15) is 27.9 Å². The zero-order valence-corrected chi connectivity index (χ0v) is 11.2. The smallest absolute Gasteiger partial charge is 0.167 e. The van der Waals surface area contributed by atoms with Gasteiger partial charge in [-0.1, -0.05) is 24.3 Å². The molecule has 102 valence electrons. The normalized spacial score (nSPS) is 13.4. The maximum absolute atomic E-state index is 12.5. The van der Waals surface area contributed by atoms with Crippen molar-refractivity contribution >= 4 is 11.5 Å². The van der Waals surface area contributed by atoms with E-state index in [1.165, 1.54) is 0 Å². The first-order valence-electron chi connectivity index (χ1n) is 6.91. The van der Waals surface area contributed by atoms with Gasteiger partial charge in [-0.3, -0.25) is 4.79 Å². The molecule has 0 bridgehead atoms. The van der Waals surface area contributed by atoms with Crippen molar-refractivity contribution in [2.24, 2.45) is 0 Å². The molecule has 3 rings (SSSR count). The predicted molar refractivity (Wildman–Crippen MR) is 79.4 cm³/mol. The molecule has 1 heterocycles. The monoisotopic (exact) mass is 267 g/mol. The number of carbonyl (C=O) groups excluding carboxylic acids is 1. The average Bonchev–Trinajstić information content (AvgIpc) is 2.46. The molecule has 0 amide bonds. The molecule has 2 aromatic carbocycles. The van der Waals surface area contributed by atoms with Crippen LogP contribution in [-0.4, -0.2) is 17.4 Å². The molecule has 0 radical (unpaired) electrons. The number of phenols is 1. The van der Waals surface area contributed by atoms with Crippen LogP contribution in [0.25, 0.3) is 0 Å². The molecule has 0 atom stereocenters. The molecular weight excluding hydrogens is 250 g/mol. The first-order chi connectivity index (χ1) is 9.74. The molecule has 3 nitrogen and oxygen atoms in total. The average molecular weight is 267 g/mol. The number of carbonyl (C=O) groups is 1. The van der Waals surface area contributed by atoms with Crippen LogP contribution < -0.4 is 5.32 Å². The number of nitrogens with one attached hydrogen (secondary N) is 1. The van der Waals surface area contributed by atoms with Crippen molar-refractivity contribution in [3.8, 4) is 5.75 Å². The lowest BCUT2D eigenvalue weighted by molar-refractivity contribution is 0.0992. The summed E-state index contributed by atoms with van der Waals surface area (Å²) in [6, 6.07) is 12.7. The molecule has 0 spiro atoms. The van der Waals surface area contributed by atoms with Crippen LogP contribution in [0.15, 0.2) is 42.5 Å². The molecule has 0 aromatic heterocycles. The van der Waals surface area contributed by atoms with Gasteiger partial charge in [-0.2, -0.15) is 0 Å². The fraction of sp³-hybridized carbons (Fsp3) is 0.235. The number of ketones is 1. The van der Waals surface area contributed by atoms with E-state index in [0.29, 0.717) is 6.42 Å². The third kappa shape index (κ3) is 2.52. The summed E-state index contributed by atoms with van der Waals surface area (Å²) in [7, 11) is 0. The van der Waals surface area contributed by atoms with E-state index in [9.17, 15) is 9.90 Å². The Balaban J connectivity index is 1.88. The van der Waals surface area contributed by atoms with Gasteiger partial charge < -0.3 is 10.4 Å². The van der Waals surface area contributed by atoms with E-state index in [1.807, 2.05) is 24.3 Å². The second-order valence-corrected chi connectivity index (χ2v) is 5.13. The van der Waals surface area contributed by atoms with Gasteiger partial charge in [0.15, 0.2) is 5.78 Å². The first kappa shape index (κ1) is 12.7. The number of aromatic hydroxyl groups is 1. The van der Waals surface area contributed by atoms with Gasteiger partial charge in [0, 0.05) is 24.2 Å².